The van der Waals surface area contributed by atoms with Gasteiger partial charge in [-0.2, -0.15) is 5.10 Å². The SMILES string of the molecule is CCOC(=O)C1=C(C)NN=CC1c1ccccc1. The lowest BCUT2D eigenvalue weighted by Crippen LogP contribution is -2.25. The molecule has 1 aliphatic heterocycles. The normalized spacial score (nSPS) is 18.4. The van der Waals surface area contributed by atoms with E-state index < -0.39 is 0 Å². The molecule has 0 aliphatic carbocycles. The molecule has 0 saturated heterocycles. The minimum atomic E-state index is -0.289. The van der Waals surface area contributed by atoms with Crippen LogP contribution in [-0.4, -0.2) is 18.8 Å². The monoisotopic (exact) mass is 244 g/mol. The summed E-state index contributed by atoms with van der Waals surface area (Å²) in [6, 6.07) is 9.80. The van der Waals surface area contributed by atoms with Gasteiger partial charge < -0.3 is 4.74 Å². The zero-order valence-electron chi connectivity index (χ0n) is 10.5. The number of ether oxygens (including phenoxy) is 1. The molecule has 0 fully saturated rings. The number of rotatable bonds is 3. The standard InChI is InChI=1S/C14H16N2O2/c1-3-18-14(17)13-10(2)16-15-9-12(13)11-7-5-4-6-8-11/h4-9,12,16H,3H2,1-2H3. The fraction of sp³-hybridized carbons (Fsp3) is 0.286. The number of allylic oxidation sites excluding steroid dienone is 1. The molecule has 1 atom stereocenters. The van der Waals surface area contributed by atoms with E-state index in [4.69, 9.17) is 4.74 Å². The van der Waals surface area contributed by atoms with Gasteiger partial charge in [-0.25, -0.2) is 4.79 Å². The molecule has 1 aromatic rings. The number of esters is 1. The first-order chi connectivity index (χ1) is 8.74. The first-order valence-corrected chi connectivity index (χ1v) is 5.96. The van der Waals surface area contributed by atoms with Crippen molar-refractivity contribution < 1.29 is 9.53 Å². The van der Waals surface area contributed by atoms with E-state index in [-0.39, 0.29) is 11.9 Å². The summed E-state index contributed by atoms with van der Waals surface area (Å²) in [6.07, 6.45) is 1.73. The Kier molecular flexibility index (Phi) is 3.77. The van der Waals surface area contributed by atoms with Crippen molar-refractivity contribution in [2.24, 2.45) is 5.10 Å². The fourth-order valence-electron chi connectivity index (χ4n) is 1.98. The van der Waals surface area contributed by atoms with Crippen molar-refractivity contribution in [3.8, 4) is 0 Å². The summed E-state index contributed by atoms with van der Waals surface area (Å²) < 4.78 is 5.11. The summed E-state index contributed by atoms with van der Waals surface area (Å²) in [5.41, 5.74) is 5.22. The van der Waals surface area contributed by atoms with E-state index in [1.165, 1.54) is 0 Å². The maximum atomic E-state index is 12.0. The van der Waals surface area contributed by atoms with Crippen LogP contribution in [0.3, 0.4) is 0 Å². The van der Waals surface area contributed by atoms with Gasteiger partial charge in [0, 0.05) is 11.9 Å². The van der Waals surface area contributed by atoms with Crippen LogP contribution in [-0.2, 0) is 9.53 Å². The minimum Gasteiger partial charge on any atom is -0.463 e. The Hall–Kier alpha value is -2.10. The predicted molar refractivity (Wildman–Crippen MR) is 70.1 cm³/mol. The van der Waals surface area contributed by atoms with Crippen LogP contribution >= 0.6 is 0 Å². The molecule has 4 nitrogen and oxygen atoms in total. The number of hydrazone groups is 1. The van der Waals surface area contributed by atoms with Gasteiger partial charge in [0.05, 0.1) is 18.1 Å². The van der Waals surface area contributed by atoms with Gasteiger partial charge in [-0.1, -0.05) is 30.3 Å². The van der Waals surface area contributed by atoms with E-state index in [2.05, 4.69) is 10.5 Å². The molecule has 1 aliphatic rings. The van der Waals surface area contributed by atoms with E-state index >= 15 is 0 Å². The molecule has 1 heterocycles. The van der Waals surface area contributed by atoms with Gasteiger partial charge in [-0.3, -0.25) is 5.43 Å². The minimum absolute atomic E-state index is 0.147. The van der Waals surface area contributed by atoms with Crippen LogP contribution in [0, 0.1) is 0 Å². The van der Waals surface area contributed by atoms with Crippen molar-refractivity contribution in [1.82, 2.24) is 5.43 Å². The first-order valence-electron chi connectivity index (χ1n) is 5.96. The highest BCUT2D eigenvalue weighted by atomic mass is 16.5. The average Bonchev–Trinajstić information content (AvgIpc) is 2.39. The van der Waals surface area contributed by atoms with Crippen LogP contribution in [0.4, 0.5) is 0 Å². The Morgan fingerprint density at radius 3 is 2.78 bits per heavy atom. The molecular weight excluding hydrogens is 228 g/mol. The Labute approximate surface area is 106 Å². The number of carbonyl (C=O) groups is 1. The highest BCUT2D eigenvalue weighted by Crippen LogP contribution is 2.27. The molecule has 0 aromatic heterocycles. The molecule has 1 N–H and O–H groups in total. The lowest BCUT2D eigenvalue weighted by molar-refractivity contribution is -0.138. The second kappa shape index (κ2) is 5.49. The molecule has 2 rings (SSSR count). The van der Waals surface area contributed by atoms with Crippen molar-refractivity contribution in [2.45, 2.75) is 19.8 Å². The zero-order valence-corrected chi connectivity index (χ0v) is 10.5. The molecule has 0 bridgehead atoms. The maximum Gasteiger partial charge on any atom is 0.336 e. The summed E-state index contributed by atoms with van der Waals surface area (Å²) in [4.78, 5) is 12.0. The van der Waals surface area contributed by atoms with Gasteiger partial charge in [0.1, 0.15) is 0 Å². The van der Waals surface area contributed by atoms with E-state index in [0.29, 0.717) is 12.2 Å². The first kappa shape index (κ1) is 12.4. The Balaban J connectivity index is 2.36. The average molecular weight is 244 g/mol. The number of benzene rings is 1. The van der Waals surface area contributed by atoms with Gasteiger partial charge in [0.15, 0.2) is 0 Å². The smallest absolute Gasteiger partial charge is 0.336 e. The number of nitrogens with zero attached hydrogens (tertiary/aromatic N) is 1. The summed E-state index contributed by atoms with van der Waals surface area (Å²) >= 11 is 0. The molecule has 0 amide bonds. The van der Waals surface area contributed by atoms with Crippen LogP contribution < -0.4 is 5.43 Å². The van der Waals surface area contributed by atoms with Gasteiger partial charge >= 0.3 is 5.97 Å². The summed E-state index contributed by atoms with van der Waals surface area (Å²) in [6.45, 7) is 4.00. The second-order valence-corrected chi connectivity index (χ2v) is 4.04. The van der Waals surface area contributed by atoms with E-state index in [0.717, 1.165) is 11.3 Å². The Morgan fingerprint density at radius 2 is 2.11 bits per heavy atom. The van der Waals surface area contributed by atoms with Crippen molar-refractivity contribution >= 4 is 12.2 Å². The van der Waals surface area contributed by atoms with Gasteiger partial charge in [-0.15, -0.1) is 0 Å². The lowest BCUT2D eigenvalue weighted by Gasteiger charge is -2.21. The highest BCUT2D eigenvalue weighted by Gasteiger charge is 2.27. The van der Waals surface area contributed by atoms with Crippen molar-refractivity contribution in [3.63, 3.8) is 0 Å². The molecule has 94 valence electrons. The largest absolute Gasteiger partial charge is 0.463 e. The number of carbonyl (C=O) groups excluding carboxylic acids is 1. The fourth-order valence-corrected chi connectivity index (χ4v) is 1.98. The third kappa shape index (κ3) is 2.42. The molecule has 1 aromatic carbocycles. The van der Waals surface area contributed by atoms with Crippen molar-refractivity contribution in [1.29, 1.82) is 0 Å². The number of nitrogens with one attached hydrogen (secondary N) is 1. The third-order valence-electron chi connectivity index (χ3n) is 2.82. The Bertz CT molecular complexity index is 492. The number of hydrogen-bond donors (Lipinski definition) is 1. The van der Waals surface area contributed by atoms with Gasteiger partial charge in [0.25, 0.3) is 0 Å². The van der Waals surface area contributed by atoms with Crippen LogP contribution in [0.2, 0.25) is 0 Å². The highest BCUT2D eigenvalue weighted by molar-refractivity contribution is 5.97. The maximum absolute atomic E-state index is 12.0. The van der Waals surface area contributed by atoms with E-state index in [9.17, 15) is 4.79 Å². The van der Waals surface area contributed by atoms with Crippen LogP contribution in [0.25, 0.3) is 0 Å². The second-order valence-electron chi connectivity index (χ2n) is 4.04. The van der Waals surface area contributed by atoms with E-state index in [1.807, 2.05) is 37.3 Å². The van der Waals surface area contributed by atoms with Crippen LogP contribution in [0.15, 0.2) is 46.7 Å². The van der Waals surface area contributed by atoms with Crippen LogP contribution in [0.1, 0.15) is 25.3 Å². The van der Waals surface area contributed by atoms with Crippen LogP contribution in [0.5, 0.6) is 0 Å². The number of hydrogen-bond acceptors (Lipinski definition) is 4. The summed E-state index contributed by atoms with van der Waals surface area (Å²) in [7, 11) is 0. The molecule has 1 unspecified atom stereocenters. The molecule has 0 radical (unpaired) electrons. The quantitative estimate of drug-likeness (QED) is 0.829. The predicted octanol–water partition coefficient (Wildman–Crippen LogP) is 2.20. The summed E-state index contributed by atoms with van der Waals surface area (Å²) in [5.74, 6) is -0.436. The van der Waals surface area contributed by atoms with E-state index in [1.54, 1.807) is 13.1 Å². The molecule has 18 heavy (non-hydrogen) atoms. The summed E-state index contributed by atoms with van der Waals surface area (Å²) in [5, 5.41) is 4.07. The molecule has 0 spiro atoms. The zero-order chi connectivity index (χ0) is 13.0. The topological polar surface area (TPSA) is 50.7 Å². The van der Waals surface area contributed by atoms with Crippen molar-refractivity contribution in [2.75, 3.05) is 6.61 Å². The lowest BCUT2D eigenvalue weighted by atomic mass is 9.90. The van der Waals surface area contributed by atoms with Crippen molar-refractivity contribution in [3.05, 3.63) is 47.2 Å². The van der Waals surface area contributed by atoms with Gasteiger partial charge in [-0.05, 0) is 19.4 Å². The molecule has 0 saturated carbocycles. The molecular formula is C14H16N2O2. The Morgan fingerprint density at radius 1 is 1.39 bits per heavy atom. The molecule has 4 heteroatoms. The van der Waals surface area contributed by atoms with Gasteiger partial charge in [0.2, 0.25) is 0 Å². The third-order valence-corrected chi connectivity index (χ3v) is 2.82.